The molecule has 1 fully saturated rings. The molecule has 1 aliphatic heterocycles. The molecule has 3 rings (SSSR count). The van der Waals surface area contributed by atoms with Crippen molar-refractivity contribution < 1.29 is 4.79 Å². The van der Waals surface area contributed by atoms with Crippen molar-refractivity contribution >= 4 is 29.3 Å². The normalized spacial score (nSPS) is 21.2. The van der Waals surface area contributed by atoms with E-state index in [1.165, 1.54) is 4.57 Å². The molecule has 2 heterocycles. The van der Waals surface area contributed by atoms with Crippen molar-refractivity contribution in [1.82, 2.24) is 14.5 Å². The topological polar surface area (TPSA) is 84.1 Å². The van der Waals surface area contributed by atoms with Crippen LogP contribution in [0.1, 0.15) is 19.8 Å². The monoisotopic (exact) mass is 338 g/mol. The molecule has 126 valence electrons. The first-order chi connectivity index (χ1) is 10.6. The van der Waals surface area contributed by atoms with E-state index in [1.54, 1.807) is 0 Å². The zero-order valence-corrected chi connectivity index (χ0v) is 14.0. The van der Waals surface area contributed by atoms with Crippen LogP contribution < -0.4 is 11.4 Å². The van der Waals surface area contributed by atoms with Crippen LogP contribution in [0.3, 0.4) is 0 Å². The van der Waals surface area contributed by atoms with Crippen molar-refractivity contribution in [1.29, 1.82) is 0 Å². The van der Waals surface area contributed by atoms with E-state index in [4.69, 9.17) is 5.73 Å². The second-order valence-electron chi connectivity index (χ2n) is 6.14. The smallest absolute Gasteiger partial charge is 0.326 e. The fourth-order valence-corrected chi connectivity index (χ4v) is 3.29. The first-order valence-electron chi connectivity index (χ1n) is 7.77. The Labute approximate surface area is 141 Å². The van der Waals surface area contributed by atoms with Crippen LogP contribution in [0, 0.1) is 5.92 Å². The highest BCUT2D eigenvalue weighted by Gasteiger charge is 2.29. The molecule has 0 saturated carbocycles. The SMILES string of the molecule is CC1CCN(C(=O)Cn2c(=O)[nH]c3ccccc32)C(CN)C1.Cl. The predicted molar refractivity (Wildman–Crippen MR) is 92.8 cm³/mol. The number of aromatic amines is 1. The third-order valence-electron chi connectivity index (χ3n) is 4.55. The molecule has 0 aliphatic carbocycles. The highest BCUT2D eigenvalue weighted by Crippen LogP contribution is 2.22. The molecular formula is C16H23ClN4O2. The zero-order valence-electron chi connectivity index (χ0n) is 13.2. The third-order valence-corrected chi connectivity index (χ3v) is 4.55. The van der Waals surface area contributed by atoms with Crippen LogP contribution in [-0.4, -0.2) is 39.5 Å². The number of aromatic nitrogens is 2. The van der Waals surface area contributed by atoms with Crippen LogP contribution in [0.5, 0.6) is 0 Å². The Hall–Kier alpha value is -1.79. The van der Waals surface area contributed by atoms with Gasteiger partial charge in [0.05, 0.1) is 11.0 Å². The predicted octanol–water partition coefficient (Wildman–Crippen LogP) is 1.34. The minimum absolute atomic E-state index is 0. The largest absolute Gasteiger partial charge is 0.337 e. The number of nitrogens with two attached hydrogens (primary N) is 1. The standard InChI is InChI=1S/C16H22N4O2.ClH/c1-11-6-7-19(12(8-11)9-17)15(21)10-20-14-5-3-2-4-13(14)18-16(20)22;/h2-5,11-12H,6-10,17H2,1H3,(H,18,22);1H. The van der Waals surface area contributed by atoms with Crippen molar-refractivity contribution in [2.75, 3.05) is 13.1 Å². The number of para-hydroxylation sites is 2. The van der Waals surface area contributed by atoms with Crippen LogP contribution >= 0.6 is 12.4 Å². The third kappa shape index (κ3) is 3.43. The highest BCUT2D eigenvalue weighted by molar-refractivity contribution is 5.85. The van der Waals surface area contributed by atoms with Crippen LogP contribution in [0.25, 0.3) is 11.0 Å². The summed E-state index contributed by atoms with van der Waals surface area (Å²) in [6, 6.07) is 7.49. The first kappa shape index (κ1) is 17.6. The Kier molecular flexibility index (Phi) is 5.49. The number of benzene rings is 1. The van der Waals surface area contributed by atoms with Gasteiger partial charge in [0.2, 0.25) is 5.91 Å². The molecule has 1 aromatic carbocycles. The van der Waals surface area contributed by atoms with Gasteiger partial charge in [-0.05, 0) is 30.9 Å². The number of H-pyrrole nitrogens is 1. The molecule has 1 saturated heterocycles. The zero-order chi connectivity index (χ0) is 15.7. The molecule has 2 unspecified atom stereocenters. The number of likely N-dealkylation sites (tertiary alicyclic amines) is 1. The van der Waals surface area contributed by atoms with Crippen molar-refractivity contribution in [3.63, 3.8) is 0 Å². The van der Waals surface area contributed by atoms with E-state index < -0.39 is 0 Å². The molecule has 7 heteroatoms. The molecule has 1 amide bonds. The lowest BCUT2D eigenvalue weighted by Gasteiger charge is -2.38. The average molecular weight is 339 g/mol. The quantitative estimate of drug-likeness (QED) is 0.885. The van der Waals surface area contributed by atoms with Gasteiger partial charge in [0.15, 0.2) is 0 Å². The second-order valence-corrected chi connectivity index (χ2v) is 6.14. The van der Waals surface area contributed by atoms with Gasteiger partial charge in [0.25, 0.3) is 0 Å². The summed E-state index contributed by atoms with van der Waals surface area (Å²) in [6.45, 7) is 3.44. The van der Waals surface area contributed by atoms with Gasteiger partial charge in [-0.15, -0.1) is 12.4 Å². The molecule has 0 spiro atoms. The van der Waals surface area contributed by atoms with Crippen LogP contribution in [-0.2, 0) is 11.3 Å². The summed E-state index contributed by atoms with van der Waals surface area (Å²) < 4.78 is 1.50. The summed E-state index contributed by atoms with van der Waals surface area (Å²) in [7, 11) is 0. The molecule has 2 atom stereocenters. The average Bonchev–Trinajstić information content (AvgIpc) is 2.83. The molecule has 6 nitrogen and oxygen atoms in total. The van der Waals surface area contributed by atoms with Gasteiger partial charge in [-0.1, -0.05) is 19.1 Å². The van der Waals surface area contributed by atoms with E-state index in [0.29, 0.717) is 12.5 Å². The maximum absolute atomic E-state index is 12.6. The maximum Gasteiger partial charge on any atom is 0.326 e. The number of imidazole rings is 1. The van der Waals surface area contributed by atoms with Gasteiger partial charge in [0, 0.05) is 19.1 Å². The molecule has 0 bridgehead atoms. The number of hydrogen-bond donors (Lipinski definition) is 2. The maximum atomic E-state index is 12.6. The number of hydrogen-bond acceptors (Lipinski definition) is 3. The van der Waals surface area contributed by atoms with Gasteiger partial charge in [-0.25, -0.2) is 4.79 Å². The van der Waals surface area contributed by atoms with E-state index in [2.05, 4.69) is 11.9 Å². The Morgan fingerprint density at radius 3 is 2.87 bits per heavy atom. The molecule has 1 aliphatic rings. The van der Waals surface area contributed by atoms with E-state index in [-0.39, 0.29) is 36.6 Å². The summed E-state index contributed by atoms with van der Waals surface area (Å²) >= 11 is 0. The number of carbonyl (C=O) groups excluding carboxylic acids is 1. The van der Waals surface area contributed by atoms with Gasteiger partial charge in [0.1, 0.15) is 6.54 Å². The Morgan fingerprint density at radius 2 is 2.13 bits per heavy atom. The van der Waals surface area contributed by atoms with Crippen molar-refractivity contribution in [2.45, 2.75) is 32.4 Å². The fourth-order valence-electron chi connectivity index (χ4n) is 3.29. The van der Waals surface area contributed by atoms with Crippen LogP contribution in [0.2, 0.25) is 0 Å². The minimum atomic E-state index is -0.246. The van der Waals surface area contributed by atoms with Gasteiger partial charge in [-0.2, -0.15) is 0 Å². The van der Waals surface area contributed by atoms with Crippen molar-refractivity contribution in [2.24, 2.45) is 11.7 Å². The molecular weight excluding hydrogens is 316 g/mol. The minimum Gasteiger partial charge on any atom is -0.337 e. The summed E-state index contributed by atoms with van der Waals surface area (Å²) in [5, 5.41) is 0. The summed E-state index contributed by atoms with van der Waals surface area (Å²) in [5.41, 5.74) is 7.09. The van der Waals surface area contributed by atoms with Crippen LogP contribution in [0.4, 0.5) is 0 Å². The molecule has 23 heavy (non-hydrogen) atoms. The number of carbonyl (C=O) groups is 1. The molecule has 2 aromatic rings. The highest BCUT2D eigenvalue weighted by atomic mass is 35.5. The van der Waals surface area contributed by atoms with Crippen LogP contribution in [0.15, 0.2) is 29.1 Å². The van der Waals surface area contributed by atoms with E-state index in [0.717, 1.165) is 30.4 Å². The summed E-state index contributed by atoms with van der Waals surface area (Å²) in [4.78, 5) is 29.3. The lowest BCUT2D eigenvalue weighted by molar-refractivity contribution is -0.135. The molecule has 0 radical (unpaired) electrons. The number of amides is 1. The lowest BCUT2D eigenvalue weighted by atomic mass is 9.92. The van der Waals surface area contributed by atoms with Gasteiger partial charge >= 0.3 is 5.69 Å². The van der Waals surface area contributed by atoms with Crippen molar-refractivity contribution in [3.8, 4) is 0 Å². The van der Waals surface area contributed by atoms with E-state index >= 15 is 0 Å². The Balaban J connectivity index is 0.00000192. The molecule has 1 aromatic heterocycles. The summed E-state index contributed by atoms with van der Waals surface area (Å²) in [6.07, 6.45) is 1.93. The number of halogens is 1. The number of piperidine rings is 1. The summed E-state index contributed by atoms with van der Waals surface area (Å²) in [5.74, 6) is 0.558. The van der Waals surface area contributed by atoms with Gasteiger partial charge in [-0.3, -0.25) is 9.36 Å². The lowest BCUT2D eigenvalue weighted by Crippen LogP contribution is -2.50. The van der Waals surface area contributed by atoms with E-state index in [9.17, 15) is 9.59 Å². The molecule has 3 N–H and O–H groups in total. The van der Waals surface area contributed by atoms with Gasteiger partial charge < -0.3 is 15.6 Å². The fraction of sp³-hybridized carbons (Fsp3) is 0.500. The Morgan fingerprint density at radius 1 is 1.39 bits per heavy atom. The number of rotatable bonds is 3. The second kappa shape index (κ2) is 7.19. The van der Waals surface area contributed by atoms with E-state index in [1.807, 2.05) is 29.2 Å². The van der Waals surface area contributed by atoms with Crippen molar-refractivity contribution in [3.05, 3.63) is 34.7 Å². The number of nitrogens with one attached hydrogen (secondary N) is 1. The number of fused-ring (bicyclic) bond motifs is 1. The Bertz CT molecular complexity index is 739. The first-order valence-corrected chi connectivity index (χ1v) is 7.77. The number of nitrogens with zero attached hydrogens (tertiary/aromatic N) is 2.